The van der Waals surface area contributed by atoms with E-state index in [4.69, 9.17) is 5.84 Å². The summed E-state index contributed by atoms with van der Waals surface area (Å²) in [5, 5.41) is 0. The summed E-state index contributed by atoms with van der Waals surface area (Å²) >= 11 is 0. The molecule has 2 unspecified atom stereocenters. The molecule has 1 aliphatic carbocycles. The smallest absolute Gasteiger partial charge is 0.0238 e. The Bertz CT molecular complexity index is 155. The monoisotopic (exact) mass is 212 g/mol. The van der Waals surface area contributed by atoms with Crippen molar-refractivity contribution in [3.8, 4) is 0 Å². The highest BCUT2D eigenvalue weighted by molar-refractivity contribution is 4.79. The summed E-state index contributed by atoms with van der Waals surface area (Å²) in [6, 6.07) is 0.558. The molecule has 0 aromatic carbocycles. The van der Waals surface area contributed by atoms with Crippen LogP contribution < -0.4 is 11.3 Å². The molecule has 2 atom stereocenters. The first-order chi connectivity index (χ1) is 7.31. The fraction of sp³-hybridized carbons (Fsp3) is 1.00. The average Bonchev–Trinajstić information content (AvgIpc) is 3.06. The second-order valence-corrected chi connectivity index (χ2v) is 5.10. The van der Waals surface area contributed by atoms with Gasteiger partial charge in [0.05, 0.1) is 0 Å². The van der Waals surface area contributed by atoms with E-state index in [1.165, 1.54) is 51.4 Å². The lowest BCUT2D eigenvalue weighted by Crippen LogP contribution is -2.40. The molecule has 0 aliphatic heterocycles. The van der Waals surface area contributed by atoms with Crippen LogP contribution in [0.1, 0.15) is 65.2 Å². The van der Waals surface area contributed by atoms with E-state index in [0.717, 1.165) is 11.8 Å². The third kappa shape index (κ3) is 4.98. The number of unbranched alkanes of at least 4 members (excludes halogenated alkanes) is 1. The van der Waals surface area contributed by atoms with Crippen LogP contribution in [0.25, 0.3) is 0 Å². The maximum Gasteiger partial charge on any atom is 0.0238 e. The van der Waals surface area contributed by atoms with Gasteiger partial charge in [-0.1, -0.05) is 46.0 Å². The molecule has 90 valence electrons. The van der Waals surface area contributed by atoms with E-state index in [9.17, 15) is 0 Å². The third-order valence-corrected chi connectivity index (χ3v) is 3.82. The van der Waals surface area contributed by atoms with Crippen LogP contribution in [0.5, 0.6) is 0 Å². The lowest BCUT2D eigenvalue weighted by molar-refractivity contribution is 0.297. The van der Waals surface area contributed by atoms with E-state index in [-0.39, 0.29) is 0 Å². The predicted octanol–water partition coefficient (Wildman–Crippen LogP) is 3.22. The van der Waals surface area contributed by atoms with Crippen LogP contribution in [-0.2, 0) is 0 Å². The number of nitrogens with one attached hydrogen (secondary N) is 1. The molecule has 0 saturated heterocycles. The Hall–Kier alpha value is -0.0800. The van der Waals surface area contributed by atoms with Crippen molar-refractivity contribution in [2.24, 2.45) is 17.7 Å². The van der Waals surface area contributed by atoms with Gasteiger partial charge < -0.3 is 0 Å². The summed E-state index contributed by atoms with van der Waals surface area (Å²) in [5.41, 5.74) is 3.05. The zero-order valence-corrected chi connectivity index (χ0v) is 10.5. The molecule has 1 rings (SSSR count). The number of hydrogen-bond donors (Lipinski definition) is 2. The Morgan fingerprint density at radius 3 is 2.47 bits per heavy atom. The summed E-state index contributed by atoms with van der Waals surface area (Å²) in [6.45, 7) is 4.56. The first-order valence-corrected chi connectivity index (χ1v) is 6.77. The first kappa shape index (κ1) is 13.0. The fourth-order valence-electron chi connectivity index (χ4n) is 2.43. The Morgan fingerprint density at radius 1 is 1.27 bits per heavy atom. The minimum Gasteiger partial charge on any atom is -0.271 e. The molecule has 0 aromatic rings. The highest BCUT2D eigenvalue weighted by Gasteiger charge is 2.24. The van der Waals surface area contributed by atoms with Crippen molar-refractivity contribution >= 4 is 0 Å². The van der Waals surface area contributed by atoms with Gasteiger partial charge in [0.1, 0.15) is 0 Å². The molecular weight excluding hydrogens is 184 g/mol. The standard InChI is InChI=1S/C13H28N2/c1-3-5-6-12(4-2)13(15-14)10-9-11-7-8-11/h11-13,15H,3-10,14H2,1-2H3. The van der Waals surface area contributed by atoms with Gasteiger partial charge in [0.2, 0.25) is 0 Å². The molecule has 3 N–H and O–H groups in total. The van der Waals surface area contributed by atoms with Gasteiger partial charge in [-0.15, -0.1) is 0 Å². The van der Waals surface area contributed by atoms with Crippen LogP contribution >= 0.6 is 0 Å². The van der Waals surface area contributed by atoms with Crippen molar-refractivity contribution < 1.29 is 0 Å². The van der Waals surface area contributed by atoms with E-state index in [1.807, 2.05) is 0 Å². The molecule has 1 aliphatic rings. The zero-order chi connectivity index (χ0) is 11.1. The molecule has 0 aromatic heterocycles. The highest BCUT2D eigenvalue weighted by atomic mass is 15.2. The summed E-state index contributed by atoms with van der Waals surface area (Å²) in [7, 11) is 0. The van der Waals surface area contributed by atoms with Crippen molar-refractivity contribution in [2.75, 3.05) is 0 Å². The second-order valence-electron chi connectivity index (χ2n) is 5.10. The number of nitrogens with two attached hydrogens (primary N) is 1. The molecule has 15 heavy (non-hydrogen) atoms. The largest absolute Gasteiger partial charge is 0.271 e. The molecule has 0 amide bonds. The molecule has 0 heterocycles. The normalized spacial score (nSPS) is 20.2. The van der Waals surface area contributed by atoms with Crippen LogP contribution in [0.4, 0.5) is 0 Å². The zero-order valence-electron chi connectivity index (χ0n) is 10.5. The third-order valence-electron chi connectivity index (χ3n) is 3.82. The van der Waals surface area contributed by atoms with Gasteiger partial charge in [-0.25, -0.2) is 0 Å². The van der Waals surface area contributed by atoms with E-state index < -0.39 is 0 Å². The van der Waals surface area contributed by atoms with Crippen molar-refractivity contribution in [1.82, 2.24) is 5.43 Å². The number of hydrazine groups is 1. The Morgan fingerprint density at radius 2 is 2.00 bits per heavy atom. The van der Waals surface area contributed by atoms with Crippen LogP contribution in [0.15, 0.2) is 0 Å². The fourth-order valence-corrected chi connectivity index (χ4v) is 2.43. The van der Waals surface area contributed by atoms with Gasteiger partial charge >= 0.3 is 0 Å². The number of hydrogen-bond acceptors (Lipinski definition) is 2. The Labute approximate surface area is 95.0 Å². The number of rotatable bonds is 9. The summed E-state index contributed by atoms with van der Waals surface area (Å²) < 4.78 is 0. The minimum absolute atomic E-state index is 0.558. The van der Waals surface area contributed by atoms with Gasteiger partial charge in [-0.2, -0.15) is 0 Å². The molecule has 1 saturated carbocycles. The van der Waals surface area contributed by atoms with Gasteiger partial charge in [-0.05, 0) is 31.1 Å². The first-order valence-electron chi connectivity index (χ1n) is 6.77. The molecule has 0 bridgehead atoms. The van der Waals surface area contributed by atoms with Crippen LogP contribution in [0, 0.1) is 11.8 Å². The molecule has 2 heteroatoms. The minimum atomic E-state index is 0.558. The molecular formula is C13H28N2. The molecule has 2 nitrogen and oxygen atoms in total. The predicted molar refractivity (Wildman–Crippen MR) is 66.4 cm³/mol. The van der Waals surface area contributed by atoms with Gasteiger partial charge in [-0.3, -0.25) is 11.3 Å². The van der Waals surface area contributed by atoms with Crippen LogP contribution in [-0.4, -0.2) is 6.04 Å². The topological polar surface area (TPSA) is 38.0 Å². The molecule has 0 spiro atoms. The van der Waals surface area contributed by atoms with Gasteiger partial charge in [0.15, 0.2) is 0 Å². The lowest BCUT2D eigenvalue weighted by atomic mass is 9.88. The average molecular weight is 212 g/mol. The van der Waals surface area contributed by atoms with Crippen molar-refractivity contribution in [2.45, 2.75) is 71.3 Å². The Kier molecular flexibility index (Phi) is 6.26. The maximum absolute atomic E-state index is 5.68. The Balaban J connectivity index is 2.23. The van der Waals surface area contributed by atoms with Gasteiger partial charge in [0.25, 0.3) is 0 Å². The molecule has 0 radical (unpaired) electrons. The summed E-state index contributed by atoms with van der Waals surface area (Å²) in [5.74, 6) is 7.50. The maximum atomic E-state index is 5.68. The van der Waals surface area contributed by atoms with E-state index in [0.29, 0.717) is 6.04 Å². The van der Waals surface area contributed by atoms with Crippen LogP contribution in [0.2, 0.25) is 0 Å². The summed E-state index contributed by atoms with van der Waals surface area (Å²) in [4.78, 5) is 0. The highest BCUT2D eigenvalue weighted by Crippen LogP contribution is 2.35. The van der Waals surface area contributed by atoms with Crippen LogP contribution in [0.3, 0.4) is 0 Å². The van der Waals surface area contributed by atoms with E-state index in [1.54, 1.807) is 0 Å². The quantitative estimate of drug-likeness (QED) is 0.455. The summed E-state index contributed by atoms with van der Waals surface area (Å²) in [6.07, 6.45) is 10.8. The van der Waals surface area contributed by atoms with Crippen molar-refractivity contribution in [3.05, 3.63) is 0 Å². The van der Waals surface area contributed by atoms with E-state index >= 15 is 0 Å². The second kappa shape index (κ2) is 7.24. The van der Waals surface area contributed by atoms with Crippen molar-refractivity contribution in [1.29, 1.82) is 0 Å². The molecule has 1 fully saturated rings. The van der Waals surface area contributed by atoms with Gasteiger partial charge in [0, 0.05) is 6.04 Å². The lowest BCUT2D eigenvalue weighted by Gasteiger charge is -2.25. The van der Waals surface area contributed by atoms with E-state index in [2.05, 4.69) is 19.3 Å². The van der Waals surface area contributed by atoms with Crippen molar-refractivity contribution in [3.63, 3.8) is 0 Å². The SMILES string of the molecule is CCCCC(CC)C(CCC1CC1)NN.